The molecule has 3 heterocycles. The van der Waals surface area contributed by atoms with Gasteiger partial charge < -0.3 is 24.0 Å². The second kappa shape index (κ2) is 20.3. The van der Waals surface area contributed by atoms with Crippen molar-refractivity contribution in [3.8, 4) is 11.9 Å². The van der Waals surface area contributed by atoms with Crippen molar-refractivity contribution in [2.45, 2.75) is 94.6 Å². The molecule has 2 aromatic heterocycles. The highest BCUT2D eigenvalue weighted by atomic mass is 35.5. The Bertz CT molecular complexity index is 973. The van der Waals surface area contributed by atoms with E-state index in [1.807, 2.05) is 67.2 Å². The van der Waals surface area contributed by atoms with Crippen molar-refractivity contribution in [1.29, 1.82) is 0 Å². The number of carbonyl (C=O) groups excluding carboxylic acids is 1. The van der Waals surface area contributed by atoms with Gasteiger partial charge in [0.15, 0.2) is 11.0 Å². The summed E-state index contributed by atoms with van der Waals surface area (Å²) in [5.41, 5.74) is -0.614. The second-order valence-electron chi connectivity index (χ2n) is 8.50. The maximum Gasteiger partial charge on any atom is 0.410 e. The first kappa shape index (κ1) is 38.5. The van der Waals surface area contributed by atoms with E-state index in [-0.39, 0.29) is 28.7 Å². The van der Waals surface area contributed by atoms with Crippen LogP contribution in [0.2, 0.25) is 5.15 Å². The van der Waals surface area contributed by atoms with E-state index in [1.165, 1.54) is 20.6 Å². The first-order valence-corrected chi connectivity index (χ1v) is 14.3. The van der Waals surface area contributed by atoms with Gasteiger partial charge in [-0.2, -0.15) is 15.0 Å². The standard InChI is InChI=1S/C19H25ClFN5O4.C3H8.3C2H6/c1-19(2,3)30-18(27)26-8-6-7-25(9-10-26)15-11-13(22-17(24-15)29-5)12(21)14(20)23-16(11)28-4;1-3-2;3*1-2/h6-10H2,1-5H3;3H2,1-2H3;3*1-2H3. The molecule has 0 bridgehead atoms. The van der Waals surface area contributed by atoms with Crippen LogP contribution in [0.4, 0.5) is 15.0 Å². The fraction of sp³-hybridized carbons (Fsp3) is 0.714. The van der Waals surface area contributed by atoms with E-state index in [9.17, 15) is 9.18 Å². The molecule has 0 atom stereocenters. The van der Waals surface area contributed by atoms with Crippen molar-refractivity contribution in [3.05, 3.63) is 11.0 Å². The minimum atomic E-state index is -0.778. The Balaban J connectivity index is 0. The number of methoxy groups -OCH3 is 2. The molecule has 1 amide bonds. The zero-order valence-electron chi connectivity index (χ0n) is 26.4. The number of nitrogens with zero attached hydrogens (tertiary/aromatic N) is 5. The lowest BCUT2D eigenvalue weighted by atomic mass is 10.2. The van der Waals surface area contributed by atoms with Crippen molar-refractivity contribution in [1.82, 2.24) is 19.9 Å². The van der Waals surface area contributed by atoms with E-state index < -0.39 is 11.4 Å². The first-order chi connectivity index (χ1) is 18.6. The molecule has 226 valence electrons. The van der Waals surface area contributed by atoms with Gasteiger partial charge in [0.1, 0.15) is 22.3 Å². The Hall–Kier alpha value is -2.62. The molecular formula is C28H51ClFN5O4. The van der Waals surface area contributed by atoms with Crippen LogP contribution in [0.5, 0.6) is 11.9 Å². The van der Waals surface area contributed by atoms with Gasteiger partial charge in [-0.15, -0.1) is 0 Å². The molecule has 1 saturated heterocycles. The van der Waals surface area contributed by atoms with Gasteiger partial charge in [-0.25, -0.2) is 9.18 Å². The van der Waals surface area contributed by atoms with Gasteiger partial charge in [0.25, 0.3) is 0 Å². The highest BCUT2D eigenvalue weighted by Gasteiger charge is 2.28. The SMILES string of the molecule is CC.CC.CC.CCC.COc1nc(N2CCCN(C(=O)OC(C)(C)C)CC2)c2c(OC)nc(Cl)c(F)c2n1. The van der Waals surface area contributed by atoms with Crippen LogP contribution in [0, 0.1) is 5.82 Å². The van der Waals surface area contributed by atoms with Crippen molar-refractivity contribution in [2.24, 2.45) is 0 Å². The van der Waals surface area contributed by atoms with E-state index in [1.54, 1.807) is 4.90 Å². The van der Waals surface area contributed by atoms with Crippen LogP contribution in [0.1, 0.15) is 89.0 Å². The average Bonchev–Trinajstić information content (AvgIpc) is 3.19. The van der Waals surface area contributed by atoms with Gasteiger partial charge >= 0.3 is 12.1 Å². The third-order valence-electron chi connectivity index (χ3n) is 4.50. The smallest absolute Gasteiger partial charge is 0.410 e. The van der Waals surface area contributed by atoms with Gasteiger partial charge in [0.05, 0.1) is 14.2 Å². The normalized spacial score (nSPS) is 12.6. The summed E-state index contributed by atoms with van der Waals surface area (Å²) in [5, 5.41) is -0.0519. The molecule has 0 unspecified atom stereocenters. The molecule has 0 spiro atoms. The van der Waals surface area contributed by atoms with Crippen LogP contribution in [0.3, 0.4) is 0 Å². The fourth-order valence-corrected chi connectivity index (χ4v) is 3.35. The topological polar surface area (TPSA) is 89.9 Å². The Morgan fingerprint density at radius 3 is 1.97 bits per heavy atom. The highest BCUT2D eigenvalue weighted by Crippen LogP contribution is 2.36. The van der Waals surface area contributed by atoms with Crippen LogP contribution in [-0.4, -0.2) is 71.9 Å². The summed E-state index contributed by atoms with van der Waals surface area (Å²) in [6, 6.07) is -0.00559. The van der Waals surface area contributed by atoms with E-state index in [0.717, 1.165) is 0 Å². The number of carbonyl (C=O) groups is 1. The predicted octanol–water partition coefficient (Wildman–Crippen LogP) is 7.78. The number of amides is 1. The summed E-state index contributed by atoms with van der Waals surface area (Å²) in [7, 11) is 2.81. The Morgan fingerprint density at radius 1 is 0.923 bits per heavy atom. The maximum absolute atomic E-state index is 14.7. The lowest BCUT2D eigenvalue weighted by molar-refractivity contribution is 0.0263. The Kier molecular flexibility index (Phi) is 20.1. The fourth-order valence-electron chi connectivity index (χ4n) is 3.18. The lowest BCUT2D eigenvalue weighted by Crippen LogP contribution is -2.39. The third kappa shape index (κ3) is 12.0. The number of rotatable bonds is 3. The molecule has 0 N–H and O–H groups in total. The van der Waals surface area contributed by atoms with Crippen LogP contribution in [-0.2, 0) is 4.74 Å². The molecule has 0 aromatic carbocycles. The number of hydrogen-bond donors (Lipinski definition) is 0. The summed E-state index contributed by atoms with van der Waals surface area (Å²) >= 11 is 5.90. The molecule has 1 aliphatic rings. The summed E-state index contributed by atoms with van der Waals surface area (Å²) < 4.78 is 30.7. The van der Waals surface area contributed by atoms with Crippen LogP contribution in [0.15, 0.2) is 0 Å². The van der Waals surface area contributed by atoms with Gasteiger partial charge in [-0.3, -0.25) is 0 Å². The predicted molar refractivity (Wildman–Crippen MR) is 160 cm³/mol. The summed E-state index contributed by atoms with van der Waals surface area (Å²) in [4.78, 5) is 28.5. The number of ether oxygens (including phenoxy) is 3. The Morgan fingerprint density at radius 2 is 1.49 bits per heavy atom. The van der Waals surface area contributed by atoms with E-state index in [2.05, 4.69) is 28.8 Å². The second-order valence-corrected chi connectivity index (χ2v) is 8.86. The van der Waals surface area contributed by atoms with Gasteiger partial charge in [0, 0.05) is 26.2 Å². The number of halogens is 2. The zero-order chi connectivity index (χ0) is 30.8. The highest BCUT2D eigenvalue weighted by molar-refractivity contribution is 6.30. The number of aromatic nitrogens is 3. The van der Waals surface area contributed by atoms with E-state index in [4.69, 9.17) is 25.8 Å². The molecule has 2 aromatic rings. The largest absolute Gasteiger partial charge is 0.480 e. The molecule has 3 rings (SSSR count). The molecule has 9 nitrogen and oxygen atoms in total. The van der Waals surface area contributed by atoms with Gasteiger partial charge in [-0.1, -0.05) is 73.4 Å². The van der Waals surface area contributed by atoms with Crippen LogP contribution >= 0.6 is 11.6 Å². The van der Waals surface area contributed by atoms with Crippen molar-refractivity contribution < 1.29 is 23.4 Å². The van der Waals surface area contributed by atoms with Crippen molar-refractivity contribution >= 4 is 34.4 Å². The molecule has 0 saturated carbocycles. The van der Waals surface area contributed by atoms with Gasteiger partial charge in [0.2, 0.25) is 5.88 Å². The Labute approximate surface area is 240 Å². The molecule has 0 radical (unpaired) electrons. The van der Waals surface area contributed by atoms with Crippen molar-refractivity contribution in [3.63, 3.8) is 0 Å². The average molecular weight is 576 g/mol. The molecule has 11 heteroatoms. The number of fused-ring (bicyclic) bond motifs is 1. The van der Waals surface area contributed by atoms with Crippen LogP contribution < -0.4 is 14.4 Å². The minimum Gasteiger partial charge on any atom is -0.480 e. The van der Waals surface area contributed by atoms with E-state index in [0.29, 0.717) is 43.8 Å². The zero-order valence-corrected chi connectivity index (χ0v) is 27.1. The van der Waals surface area contributed by atoms with E-state index >= 15 is 0 Å². The summed E-state index contributed by atoms with van der Waals surface area (Å²) in [5.74, 6) is -0.260. The summed E-state index contributed by atoms with van der Waals surface area (Å²) in [6.45, 7) is 23.7. The van der Waals surface area contributed by atoms with Crippen LogP contribution in [0.25, 0.3) is 10.9 Å². The van der Waals surface area contributed by atoms with Gasteiger partial charge in [-0.05, 0) is 27.2 Å². The molecular weight excluding hydrogens is 525 g/mol. The molecule has 39 heavy (non-hydrogen) atoms. The maximum atomic E-state index is 14.7. The van der Waals surface area contributed by atoms with Crippen molar-refractivity contribution in [2.75, 3.05) is 45.3 Å². The molecule has 1 fully saturated rings. The number of anilines is 1. The molecule has 1 aliphatic heterocycles. The molecule has 0 aliphatic carbocycles. The number of pyridine rings is 1. The first-order valence-electron chi connectivity index (χ1n) is 13.9. The minimum absolute atomic E-state index is 0.00559. The quantitative estimate of drug-likeness (QED) is 0.343. The summed E-state index contributed by atoms with van der Waals surface area (Å²) in [6.07, 6.45) is 1.55. The number of hydrogen-bond acceptors (Lipinski definition) is 8. The third-order valence-corrected chi connectivity index (χ3v) is 4.75. The lowest BCUT2D eigenvalue weighted by Gasteiger charge is -2.27. The monoisotopic (exact) mass is 575 g/mol.